The molecule has 11 heteroatoms. The molecule has 1 heterocycles. The number of amides is 1. The van der Waals surface area contributed by atoms with Gasteiger partial charge in [0.2, 0.25) is 0 Å². The molecule has 5 nitrogen and oxygen atoms in total. The number of hydrogen-bond acceptors (Lipinski definition) is 4. The van der Waals surface area contributed by atoms with Crippen LogP contribution in [0.4, 0.5) is 26.3 Å². The minimum absolute atomic E-state index is 0.0137. The first-order valence-electron chi connectivity index (χ1n) is 13.2. The number of carbonyl (C=O) groups excluding carboxylic acids is 1. The van der Waals surface area contributed by atoms with E-state index in [0.717, 1.165) is 18.7 Å². The fourth-order valence-corrected chi connectivity index (χ4v) is 5.62. The standard InChI is InChI=1S/C28H33F6N3O2/c1-39-25-10-6-5-9-23(25)24(37-13-11-36(12-14-37)22-7-3-2-4-8-22)18-35-26(38)19-15-20(27(29,30)31)17-21(16-19)28(32,33)34/h5-6,9-10,15-17,22,24H,2-4,7-8,11-14,18H2,1H3,(H,35,38). The van der Waals surface area contributed by atoms with E-state index < -0.39 is 35.0 Å². The Bertz CT molecular complexity index is 1090. The number of methoxy groups -OCH3 is 1. The molecule has 2 aliphatic rings. The summed E-state index contributed by atoms with van der Waals surface area (Å²) in [6.45, 7) is 3.08. The molecule has 39 heavy (non-hydrogen) atoms. The Morgan fingerprint density at radius 2 is 1.51 bits per heavy atom. The number of benzene rings is 2. The first-order chi connectivity index (χ1) is 18.5. The molecule has 4 rings (SSSR count). The minimum Gasteiger partial charge on any atom is -0.496 e. The largest absolute Gasteiger partial charge is 0.496 e. The molecule has 1 amide bonds. The number of hydrogen-bond donors (Lipinski definition) is 1. The molecule has 1 unspecified atom stereocenters. The normalized spacial score (nSPS) is 19.1. The molecule has 1 atom stereocenters. The lowest BCUT2D eigenvalue weighted by atomic mass is 9.93. The van der Waals surface area contributed by atoms with Crippen molar-refractivity contribution in [1.82, 2.24) is 15.1 Å². The maximum absolute atomic E-state index is 13.3. The van der Waals surface area contributed by atoms with Gasteiger partial charge in [-0.05, 0) is 37.1 Å². The summed E-state index contributed by atoms with van der Waals surface area (Å²) < 4.78 is 85.4. The summed E-state index contributed by atoms with van der Waals surface area (Å²) in [6, 6.07) is 8.37. The molecule has 0 radical (unpaired) electrons. The highest BCUT2D eigenvalue weighted by Crippen LogP contribution is 2.37. The topological polar surface area (TPSA) is 44.8 Å². The number of nitrogens with one attached hydrogen (secondary N) is 1. The average Bonchev–Trinajstić information content (AvgIpc) is 2.93. The Hall–Kier alpha value is -2.79. The summed E-state index contributed by atoms with van der Waals surface area (Å²) in [4.78, 5) is 17.6. The van der Waals surface area contributed by atoms with Crippen molar-refractivity contribution in [1.29, 1.82) is 0 Å². The number of ether oxygens (including phenoxy) is 1. The summed E-state index contributed by atoms with van der Waals surface area (Å²) in [5.74, 6) is -0.419. The predicted molar refractivity (Wildman–Crippen MR) is 135 cm³/mol. The first-order valence-corrected chi connectivity index (χ1v) is 13.2. The van der Waals surface area contributed by atoms with Crippen molar-refractivity contribution in [2.45, 2.75) is 56.5 Å². The van der Waals surface area contributed by atoms with Crippen LogP contribution in [0, 0.1) is 0 Å². The molecule has 1 saturated carbocycles. The van der Waals surface area contributed by atoms with E-state index in [4.69, 9.17) is 4.74 Å². The smallest absolute Gasteiger partial charge is 0.416 e. The van der Waals surface area contributed by atoms with Crippen molar-refractivity contribution < 1.29 is 35.9 Å². The lowest BCUT2D eigenvalue weighted by molar-refractivity contribution is -0.143. The van der Waals surface area contributed by atoms with Gasteiger partial charge in [-0.2, -0.15) is 26.3 Å². The van der Waals surface area contributed by atoms with E-state index in [9.17, 15) is 31.1 Å². The second-order valence-electron chi connectivity index (χ2n) is 10.1. The zero-order chi connectivity index (χ0) is 28.2. The highest BCUT2D eigenvalue weighted by molar-refractivity contribution is 5.94. The Balaban J connectivity index is 1.54. The molecule has 0 bridgehead atoms. The maximum Gasteiger partial charge on any atom is 0.416 e. The van der Waals surface area contributed by atoms with Gasteiger partial charge in [0.15, 0.2) is 0 Å². The number of rotatable bonds is 7. The van der Waals surface area contributed by atoms with E-state index >= 15 is 0 Å². The molecular formula is C28H33F6N3O2. The third-order valence-corrected chi connectivity index (χ3v) is 7.68. The van der Waals surface area contributed by atoms with Gasteiger partial charge in [-0.1, -0.05) is 37.5 Å². The van der Waals surface area contributed by atoms with Crippen molar-refractivity contribution >= 4 is 5.91 Å². The zero-order valence-corrected chi connectivity index (χ0v) is 21.7. The van der Waals surface area contributed by atoms with Gasteiger partial charge in [0.05, 0.1) is 24.3 Å². The van der Waals surface area contributed by atoms with E-state index in [-0.39, 0.29) is 18.7 Å². The van der Waals surface area contributed by atoms with Crippen LogP contribution in [0.2, 0.25) is 0 Å². The zero-order valence-electron chi connectivity index (χ0n) is 21.7. The van der Waals surface area contributed by atoms with Crippen LogP contribution in [0.5, 0.6) is 5.75 Å². The van der Waals surface area contributed by atoms with Gasteiger partial charge < -0.3 is 10.1 Å². The van der Waals surface area contributed by atoms with E-state index in [1.54, 1.807) is 12.1 Å². The van der Waals surface area contributed by atoms with Crippen LogP contribution in [0.25, 0.3) is 0 Å². The van der Waals surface area contributed by atoms with Gasteiger partial charge >= 0.3 is 12.4 Å². The molecule has 214 valence electrons. The molecule has 1 N–H and O–H groups in total. The number of para-hydroxylation sites is 1. The lowest BCUT2D eigenvalue weighted by Gasteiger charge is -2.43. The van der Waals surface area contributed by atoms with Crippen molar-refractivity contribution in [3.05, 3.63) is 64.7 Å². The summed E-state index contributed by atoms with van der Waals surface area (Å²) in [5.41, 5.74) is -2.96. The van der Waals surface area contributed by atoms with E-state index in [2.05, 4.69) is 15.1 Å². The van der Waals surface area contributed by atoms with E-state index in [1.165, 1.54) is 39.2 Å². The molecule has 0 aromatic heterocycles. The maximum atomic E-state index is 13.3. The third-order valence-electron chi connectivity index (χ3n) is 7.68. The number of piperazine rings is 1. The molecular weight excluding hydrogens is 524 g/mol. The van der Waals surface area contributed by atoms with E-state index in [0.29, 0.717) is 37.0 Å². The van der Waals surface area contributed by atoms with Crippen LogP contribution >= 0.6 is 0 Å². The fourth-order valence-electron chi connectivity index (χ4n) is 5.62. The van der Waals surface area contributed by atoms with Crippen molar-refractivity contribution in [3.8, 4) is 5.75 Å². The monoisotopic (exact) mass is 557 g/mol. The van der Waals surface area contributed by atoms with Crippen molar-refractivity contribution in [2.75, 3.05) is 39.8 Å². The van der Waals surface area contributed by atoms with Gasteiger partial charge in [-0.3, -0.25) is 14.6 Å². The Morgan fingerprint density at radius 3 is 2.08 bits per heavy atom. The number of alkyl halides is 6. The Morgan fingerprint density at radius 1 is 0.923 bits per heavy atom. The van der Waals surface area contributed by atoms with Gasteiger partial charge in [0, 0.05) is 49.9 Å². The number of carbonyl (C=O) groups is 1. The quantitative estimate of drug-likeness (QED) is 0.415. The first kappa shape index (κ1) is 29.2. The van der Waals surface area contributed by atoms with Crippen LogP contribution in [0.3, 0.4) is 0 Å². The van der Waals surface area contributed by atoms with Crippen molar-refractivity contribution in [2.24, 2.45) is 0 Å². The molecule has 0 spiro atoms. The van der Waals surface area contributed by atoms with Crippen LogP contribution in [0.15, 0.2) is 42.5 Å². The minimum atomic E-state index is -5.03. The molecule has 2 aromatic carbocycles. The Kier molecular flexibility index (Phi) is 9.10. The molecule has 2 fully saturated rings. The number of nitrogens with zero attached hydrogens (tertiary/aromatic N) is 2. The molecule has 1 saturated heterocycles. The SMILES string of the molecule is COc1ccccc1C(CNC(=O)c1cc(C(F)(F)F)cc(C(F)(F)F)c1)N1CCN(C2CCCCC2)CC1. The average molecular weight is 558 g/mol. The third kappa shape index (κ3) is 7.25. The highest BCUT2D eigenvalue weighted by atomic mass is 19.4. The lowest BCUT2D eigenvalue weighted by Crippen LogP contribution is -2.53. The Labute approximate surface area is 224 Å². The van der Waals surface area contributed by atoms with Crippen LogP contribution in [0.1, 0.15) is 65.2 Å². The van der Waals surface area contributed by atoms with Gasteiger partial charge in [0.25, 0.3) is 5.91 Å². The molecule has 2 aromatic rings. The fraction of sp³-hybridized carbons (Fsp3) is 0.536. The van der Waals surface area contributed by atoms with Crippen molar-refractivity contribution in [3.63, 3.8) is 0 Å². The summed E-state index contributed by atoms with van der Waals surface area (Å²) in [6.07, 6.45) is -3.98. The van der Waals surface area contributed by atoms with E-state index in [1.807, 2.05) is 12.1 Å². The van der Waals surface area contributed by atoms with Gasteiger partial charge in [-0.25, -0.2) is 0 Å². The number of halogens is 6. The van der Waals surface area contributed by atoms with Crippen LogP contribution in [-0.4, -0.2) is 61.6 Å². The van der Waals surface area contributed by atoms with Gasteiger partial charge in [0.1, 0.15) is 5.75 Å². The van der Waals surface area contributed by atoms with Gasteiger partial charge in [-0.15, -0.1) is 0 Å². The second kappa shape index (κ2) is 12.2. The second-order valence-corrected chi connectivity index (χ2v) is 10.1. The predicted octanol–water partition coefficient (Wildman–Crippen LogP) is 6.15. The summed E-state index contributed by atoms with van der Waals surface area (Å²) >= 11 is 0. The van der Waals surface area contributed by atoms with Crippen LogP contribution in [-0.2, 0) is 12.4 Å². The summed E-state index contributed by atoms with van der Waals surface area (Å²) in [5, 5.41) is 2.59. The summed E-state index contributed by atoms with van der Waals surface area (Å²) in [7, 11) is 1.52. The highest BCUT2D eigenvalue weighted by Gasteiger charge is 2.38. The molecule has 1 aliphatic carbocycles. The molecule has 1 aliphatic heterocycles. The van der Waals surface area contributed by atoms with Crippen LogP contribution < -0.4 is 10.1 Å².